The third-order valence-corrected chi connectivity index (χ3v) is 4.05. The Balaban J connectivity index is 1.89. The van der Waals surface area contributed by atoms with Gasteiger partial charge in [0.25, 0.3) is 0 Å². The van der Waals surface area contributed by atoms with E-state index in [0.717, 1.165) is 29.8 Å². The van der Waals surface area contributed by atoms with Crippen molar-refractivity contribution in [2.75, 3.05) is 13.2 Å². The molecular weight excluding hydrogens is 266 g/mol. The van der Waals surface area contributed by atoms with Crippen molar-refractivity contribution in [3.63, 3.8) is 0 Å². The van der Waals surface area contributed by atoms with E-state index in [-0.39, 0.29) is 17.7 Å². The van der Waals surface area contributed by atoms with Crippen molar-refractivity contribution in [1.29, 1.82) is 0 Å². The van der Waals surface area contributed by atoms with Crippen LogP contribution in [0.2, 0.25) is 0 Å². The molecule has 0 saturated carbocycles. The summed E-state index contributed by atoms with van der Waals surface area (Å²) < 4.78 is 7.44. The zero-order valence-corrected chi connectivity index (χ0v) is 12.3. The molecule has 0 bridgehead atoms. The van der Waals surface area contributed by atoms with Gasteiger partial charge in [-0.15, -0.1) is 0 Å². The molecule has 5 heteroatoms. The minimum Gasteiger partial charge on any atom is -0.379 e. The minimum atomic E-state index is -0.195. The fourth-order valence-corrected chi connectivity index (χ4v) is 2.92. The second-order valence-corrected chi connectivity index (χ2v) is 5.62. The molecule has 1 aliphatic rings. The highest BCUT2D eigenvalue weighted by Crippen LogP contribution is 2.20. The first-order chi connectivity index (χ1) is 10.2. The first-order valence-corrected chi connectivity index (χ1v) is 7.51. The standard InChI is InChI=1S/C16H21N3O2/c1-2-7-19-14-6-4-3-5-13(14)18-16(19)8-15(20)11-9-21-10-12(11)17/h3-6,11-12H,2,7-10,17H2,1H3. The number of aryl methyl sites for hydroxylation is 1. The summed E-state index contributed by atoms with van der Waals surface area (Å²) in [4.78, 5) is 17.1. The van der Waals surface area contributed by atoms with E-state index >= 15 is 0 Å². The van der Waals surface area contributed by atoms with Crippen LogP contribution in [0.5, 0.6) is 0 Å². The van der Waals surface area contributed by atoms with Gasteiger partial charge in [-0.3, -0.25) is 4.79 Å². The zero-order valence-electron chi connectivity index (χ0n) is 12.3. The molecular formula is C16H21N3O2. The molecule has 1 saturated heterocycles. The molecule has 0 aliphatic carbocycles. The Morgan fingerprint density at radius 3 is 2.95 bits per heavy atom. The number of carbonyl (C=O) groups is 1. The molecule has 2 aromatic rings. The molecule has 0 radical (unpaired) electrons. The van der Waals surface area contributed by atoms with Gasteiger partial charge in [0.05, 0.1) is 36.6 Å². The van der Waals surface area contributed by atoms with Gasteiger partial charge >= 0.3 is 0 Å². The molecule has 1 aromatic heterocycles. The number of nitrogens with zero attached hydrogens (tertiary/aromatic N) is 2. The number of ketones is 1. The zero-order chi connectivity index (χ0) is 14.8. The van der Waals surface area contributed by atoms with E-state index in [4.69, 9.17) is 10.5 Å². The second-order valence-electron chi connectivity index (χ2n) is 5.62. The van der Waals surface area contributed by atoms with Crippen molar-refractivity contribution in [2.24, 2.45) is 11.7 Å². The fourth-order valence-electron chi connectivity index (χ4n) is 2.92. The van der Waals surface area contributed by atoms with Crippen LogP contribution in [0.15, 0.2) is 24.3 Å². The molecule has 1 fully saturated rings. The number of imidazole rings is 1. The number of fused-ring (bicyclic) bond motifs is 1. The summed E-state index contributed by atoms with van der Waals surface area (Å²) in [5, 5.41) is 0. The molecule has 3 rings (SSSR count). The van der Waals surface area contributed by atoms with Crippen LogP contribution in [0.1, 0.15) is 19.2 Å². The molecule has 0 amide bonds. The van der Waals surface area contributed by atoms with Crippen molar-refractivity contribution in [2.45, 2.75) is 32.4 Å². The van der Waals surface area contributed by atoms with Gasteiger partial charge in [0, 0.05) is 12.6 Å². The lowest BCUT2D eigenvalue weighted by molar-refractivity contribution is -0.122. The second kappa shape index (κ2) is 5.95. The van der Waals surface area contributed by atoms with Crippen molar-refractivity contribution < 1.29 is 9.53 Å². The number of hydrogen-bond acceptors (Lipinski definition) is 4. The van der Waals surface area contributed by atoms with Gasteiger partial charge in [0.2, 0.25) is 0 Å². The molecule has 2 unspecified atom stereocenters. The Morgan fingerprint density at radius 2 is 2.24 bits per heavy atom. The van der Waals surface area contributed by atoms with E-state index in [1.165, 1.54) is 0 Å². The highest BCUT2D eigenvalue weighted by molar-refractivity contribution is 5.85. The number of Topliss-reactive ketones (excluding diaryl/α,β-unsaturated/α-hetero) is 1. The normalized spacial score (nSPS) is 22.0. The number of para-hydroxylation sites is 2. The predicted octanol–water partition coefficient (Wildman–Crippen LogP) is 1.53. The lowest BCUT2D eigenvalue weighted by Gasteiger charge is -2.12. The Kier molecular flexibility index (Phi) is 4.03. The summed E-state index contributed by atoms with van der Waals surface area (Å²) in [7, 11) is 0. The molecule has 21 heavy (non-hydrogen) atoms. The van der Waals surface area contributed by atoms with E-state index in [0.29, 0.717) is 19.6 Å². The number of nitrogens with two attached hydrogens (primary N) is 1. The van der Waals surface area contributed by atoms with Gasteiger partial charge in [0.1, 0.15) is 11.6 Å². The van der Waals surface area contributed by atoms with Crippen LogP contribution in [-0.4, -0.2) is 34.6 Å². The van der Waals surface area contributed by atoms with Crippen LogP contribution < -0.4 is 5.73 Å². The van der Waals surface area contributed by atoms with Crippen LogP contribution in [0.3, 0.4) is 0 Å². The summed E-state index contributed by atoms with van der Waals surface area (Å²) in [5.74, 6) is 0.773. The van der Waals surface area contributed by atoms with Gasteiger partial charge in [-0.25, -0.2) is 4.98 Å². The highest BCUT2D eigenvalue weighted by atomic mass is 16.5. The summed E-state index contributed by atoms with van der Waals surface area (Å²) in [5.41, 5.74) is 7.97. The van der Waals surface area contributed by atoms with Crippen molar-refractivity contribution in [3.8, 4) is 0 Å². The monoisotopic (exact) mass is 287 g/mol. The lowest BCUT2D eigenvalue weighted by Crippen LogP contribution is -2.35. The molecule has 1 aliphatic heterocycles. The van der Waals surface area contributed by atoms with E-state index in [2.05, 4.69) is 22.5 Å². The van der Waals surface area contributed by atoms with Crippen molar-refractivity contribution in [3.05, 3.63) is 30.1 Å². The van der Waals surface area contributed by atoms with Crippen LogP contribution in [0.4, 0.5) is 0 Å². The number of carbonyl (C=O) groups excluding carboxylic acids is 1. The Hall–Kier alpha value is -1.72. The smallest absolute Gasteiger partial charge is 0.147 e. The molecule has 5 nitrogen and oxygen atoms in total. The molecule has 2 atom stereocenters. The van der Waals surface area contributed by atoms with E-state index < -0.39 is 0 Å². The maximum Gasteiger partial charge on any atom is 0.147 e. The number of benzene rings is 1. The van der Waals surface area contributed by atoms with Crippen LogP contribution in [-0.2, 0) is 22.5 Å². The molecule has 1 aromatic carbocycles. The Morgan fingerprint density at radius 1 is 1.43 bits per heavy atom. The van der Waals surface area contributed by atoms with Gasteiger partial charge < -0.3 is 15.0 Å². The molecule has 2 N–H and O–H groups in total. The third kappa shape index (κ3) is 2.71. The summed E-state index contributed by atoms with van der Waals surface area (Å²) in [6.07, 6.45) is 1.34. The highest BCUT2D eigenvalue weighted by Gasteiger charge is 2.31. The van der Waals surface area contributed by atoms with Gasteiger partial charge in [-0.05, 0) is 18.6 Å². The minimum absolute atomic E-state index is 0.132. The number of ether oxygens (including phenoxy) is 1. The average Bonchev–Trinajstić information content (AvgIpc) is 3.04. The first kappa shape index (κ1) is 14.2. The lowest BCUT2D eigenvalue weighted by atomic mass is 9.97. The van der Waals surface area contributed by atoms with Crippen LogP contribution >= 0.6 is 0 Å². The maximum atomic E-state index is 12.4. The SMILES string of the molecule is CCCn1c(CC(=O)C2COCC2N)nc2ccccc21. The van der Waals surface area contributed by atoms with Gasteiger partial charge in [-0.2, -0.15) is 0 Å². The van der Waals surface area contributed by atoms with Gasteiger partial charge in [-0.1, -0.05) is 19.1 Å². The summed E-state index contributed by atoms with van der Waals surface area (Å²) >= 11 is 0. The largest absolute Gasteiger partial charge is 0.379 e. The predicted molar refractivity (Wildman–Crippen MR) is 81.0 cm³/mol. The van der Waals surface area contributed by atoms with Crippen molar-refractivity contribution in [1.82, 2.24) is 9.55 Å². The van der Waals surface area contributed by atoms with E-state index in [1.54, 1.807) is 0 Å². The quantitative estimate of drug-likeness (QED) is 0.905. The van der Waals surface area contributed by atoms with Crippen LogP contribution in [0.25, 0.3) is 11.0 Å². The van der Waals surface area contributed by atoms with Gasteiger partial charge in [0.15, 0.2) is 0 Å². The average molecular weight is 287 g/mol. The van der Waals surface area contributed by atoms with Crippen molar-refractivity contribution >= 4 is 16.8 Å². The molecule has 0 spiro atoms. The number of rotatable bonds is 5. The summed E-state index contributed by atoms with van der Waals surface area (Å²) in [6.45, 7) is 3.91. The Labute approximate surface area is 124 Å². The maximum absolute atomic E-state index is 12.4. The third-order valence-electron chi connectivity index (χ3n) is 4.05. The summed E-state index contributed by atoms with van der Waals surface area (Å²) in [6, 6.07) is 7.83. The number of aromatic nitrogens is 2. The topological polar surface area (TPSA) is 70.1 Å². The van der Waals surface area contributed by atoms with E-state index in [1.807, 2.05) is 18.2 Å². The molecule has 2 heterocycles. The molecule has 112 valence electrons. The number of hydrogen-bond donors (Lipinski definition) is 1. The first-order valence-electron chi connectivity index (χ1n) is 7.51. The van der Waals surface area contributed by atoms with E-state index in [9.17, 15) is 4.79 Å². The van der Waals surface area contributed by atoms with Crippen LogP contribution in [0, 0.1) is 5.92 Å². The fraction of sp³-hybridized carbons (Fsp3) is 0.500. The Bertz CT molecular complexity index is 650.